The first-order chi connectivity index (χ1) is 6.27. The lowest BCUT2D eigenvalue weighted by atomic mass is 9.93. The van der Waals surface area contributed by atoms with Gasteiger partial charge in [0.2, 0.25) is 5.95 Å². The van der Waals surface area contributed by atoms with E-state index in [2.05, 4.69) is 34.9 Å². The Morgan fingerprint density at radius 3 is 2.85 bits per heavy atom. The summed E-state index contributed by atoms with van der Waals surface area (Å²) in [6.07, 6.45) is 7.94. The van der Waals surface area contributed by atoms with Crippen LogP contribution in [0.15, 0.2) is 12.4 Å². The zero-order valence-corrected chi connectivity index (χ0v) is 8.33. The van der Waals surface area contributed by atoms with Crippen LogP contribution in [0.3, 0.4) is 0 Å². The molecule has 2 rings (SSSR count). The smallest absolute Gasteiger partial charge is 0.203 e. The fraction of sp³-hybridized carbons (Fsp3) is 0.700. The highest BCUT2D eigenvalue weighted by atomic mass is 15.2. The molecule has 0 aliphatic heterocycles. The molecule has 0 spiro atoms. The van der Waals surface area contributed by atoms with Gasteiger partial charge in [0.05, 0.1) is 0 Å². The molecule has 0 radical (unpaired) electrons. The van der Waals surface area contributed by atoms with Crippen LogP contribution >= 0.6 is 0 Å². The fourth-order valence-corrected chi connectivity index (χ4v) is 1.64. The molecule has 0 aromatic carbocycles. The summed E-state index contributed by atoms with van der Waals surface area (Å²) in [4.78, 5) is 4.31. The third kappa shape index (κ3) is 1.69. The number of aromatic nitrogens is 2. The van der Waals surface area contributed by atoms with E-state index in [9.17, 15) is 0 Å². The van der Waals surface area contributed by atoms with Crippen molar-refractivity contribution in [3.05, 3.63) is 12.4 Å². The molecule has 13 heavy (non-hydrogen) atoms. The second kappa shape index (κ2) is 3.40. The summed E-state index contributed by atoms with van der Waals surface area (Å²) in [5.74, 6) is 1.03. The van der Waals surface area contributed by atoms with Crippen molar-refractivity contribution in [2.24, 2.45) is 0 Å². The average molecular weight is 179 g/mol. The Labute approximate surface area is 79.2 Å². The minimum Gasteiger partial charge on any atom is -0.353 e. The van der Waals surface area contributed by atoms with Gasteiger partial charge in [0, 0.05) is 24.5 Å². The highest BCUT2D eigenvalue weighted by Crippen LogP contribution is 2.33. The molecular weight excluding hydrogens is 162 g/mol. The number of hydrogen-bond acceptors (Lipinski definition) is 2. The maximum Gasteiger partial charge on any atom is 0.203 e. The minimum atomic E-state index is 0.459. The first kappa shape index (κ1) is 8.60. The van der Waals surface area contributed by atoms with Crippen molar-refractivity contribution in [3.63, 3.8) is 0 Å². The van der Waals surface area contributed by atoms with Crippen molar-refractivity contribution < 1.29 is 0 Å². The molecule has 0 amide bonds. The van der Waals surface area contributed by atoms with Gasteiger partial charge in [0.25, 0.3) is 0 Å². The van der Waals surface area contributed by atoms with Crippen molar-refractivity contribution in [3.8, 4) is 0 Å². The Morgan fingerprint density at radius 2 is 2.31 bits per heavy atom. The zero-order valence-electron chi connectivity index (χ0n) is 8.33. The summed E-state index contributed by atoms with van der Waals surface area (Å²) < 4.78 is 2.27. The Balaban J connectivity index is 2.10. The number of anilines is 1. The van der Waals surface area contributed by atoms with Crippen LogP contribution < -0.4 is 5.32 Å². The number of rotatable bonds is 3. The average Bonchev–Trinajstić information content (AvgIpc) is 2.32. The van der Waals surface area contributed by atoms with Gasteiger partial charge in [-0.1, -0.05) is 0 Å². The van der Waals surface area contributed by atoms with E-state index in [0.717, 1.165) is 5.95 Å². The van der Waals surface area contributed by atoms with Gasteiger partial charge in [-0.15, -0.1) is 0 Å². The Hall–Kier alpha value is -0.990. The molecule has 1 aliphatic carbocycles. The standard InChI is InChI=1S/C10H17N3/c1-8(2)12-10-11-6-7-13(10)9-4-3-5-9/h6-9H,3-5H2,1-2H3,(H,11,12). The maximum absolute atomic E-state index is 4.31. The Kier molecular flexibility index (Phi) is 2.25. The molecule has 1 aromatic rings. The van der Waals surface area contributed by atoms with E-state index >= 15 is 0 Å². The highest BCUT2D eigenvalue weighted by Gasteiger charge is 2.21. The van der Waals surface area contributed by atoms with E-state index in [1.165, 1.54) is 19.3 Å². The van der Waals surface area contributed by atoms with Gasteiger partial charge in [-0.3, -0.25) is 0 Å². The summed E-state index contributed by atoms with van der Waals surface area (Å²) in [6, 6.07) is 1.16. The zero-order chi connectivity index (χ0) is 9.26. The Bertz CT molecular complexity index is 273. The van der Waals surface area contributed by atoms with Gasteiger partial charge < -0.3 is 9.88 Å². The van der Waals surface area contributed by atoms with Crippen LogP contribution in [0.4, 0.5) is 5.95 Å². The maximum atomic E-state index is 4.31. The molecule has 1 fully saturated rings. The van der Waals surface area contributed by atoms with Crippen molar-refractivity contribution in [2.45, 2.75) is 45.2 Å². The lowest BCUT2D eigenvalue weighted by Gasteiger charge is -2.28. The molecule has 3 heteroatoms. The van der Waals surface area contributed by atoms with E-state index < -0.39 is 0 Å². The van der Waals surface area contributed by atoms with Crippen LogP contribution in [0.2, 0.25) is 0 Å². The monoisotopic (exact) mass is 179 g/mol. The van der Waals surface area contributed by atoms with Crippen LogP contribution in [0.1, 0.15) is 39.2 Å². The summed E-state index contributed by atoms with van der Waals surface area (Å²) in [7, 11) is 0. The summed E-state index contributed by atoms with van der Waals surface area (Å²) in [5.41, 5.74) is 0. The summed E-state index contributed by atoms with van der Waals surface area (Å²) in [5, 5.41) is 3.35. The largest absolute Gasteiger partial charge is 0.353 e. The van der Waals surface area contributed by atoms with E-state index in [1.807, 2.05) is 6.20 Å². The van der Waals surface area contributed by atoms with E-state index in [4.69, 9.17) is 0 Å². The van der Waals surface area contributed by atoms with Crippen LogP contribution in [-0.2, 0) is 0 Å². The molecule has 1 aromatic heterocycles. The predicted molar refractivity (Wildman–Crippen MR) is 53.9 cm³/mol. The molecule has 1 heterocycles. The third-order valence-corrected chi connectivity index (χ3v) is 2.55. The molecule has 72 valence electrons. The molecule has 0 saturated heterocycles. The van der Waals surface area contributed by atoms with Crippen LogP contribution in [0.5, 0.6) is 0 Å². The number of imidazole rings is 1. The van der Waals surface area contributed by atoms with E-state index in [0.29, 0.717) is 12.1 Å². The van der Waals surface area contributed by atoms with Crippen LogP contribution in [0, 0.1) is 0 Å². The van der Waals surface area contributed by atoms with Gasteiger partial charge in [0.15, 0.2) is 0 Å². The quantitative estimate of drug-likeness (QED) is 0.772. The number of hydrogen-bond donors (Lipinski definition) is 1. The lowest BCUT2D eigenvalue weighted by molar-refractivity contribution is 0.316. The van der Waals surface area contributed by atoms with Gasteiger partial charge >= 0.3 is 0 Å². The molecule has 0 atom stereocenters. The highest BCUT2D eigenvalue weighted by molar-refractivity contribution is 5.28. The van der Waals surface area contributed by atoms with E-state index in [1.54, 1.807) is 0 Å². The third-order valence-electron chi connectivity index (χ3n) is 2.55. The number of nitrogens with one attached hydrogen (secondary N) is 1. The topological polar surface area (TPSA) is 29.9 Å². The first-order valence-electron chi connectivity index (χ1n) is 5.07. The lowest BCUT2D eigenvalue weighted by Crippen LogP contribution is -2.21. The van der Waals surface area contributed by atoms with Gasteiger partial charge in [-0.25, -0.2) is 4.98 Å². The SMILES string of the molecule is CC(C)Nc1nccn1C1CCC1. The fourth-order valence-electron chi connectivity index (χ4n) is 1.64. The molecule has 1 saturated carbocycles. The van der Waals surface area contributed by atoms with E-state index in [-0.39, 0.29) is 0 Å². The van der Waals surface area contributed by atoms with Gasteiger partial charge in [-0.05, 0) is 33.1 Å². The van der Waals surface area contributed by atoms with Crippen molar-refractivity contribution in [2.75, 3.05) is 5.32 Å². The second-order valence-corrected chi connectivity index (χ2v) is 4.04. The van der Waals surface area contributed by atoms with Gasteiger partial charge in [0.1, 0.15) is 0 Å². The molecule has 1 N–H and O–H groups in total. The summed E-state index contributed by atoms with van der Waals surface area (Å²) in [6.45, 7) is 4.28. The van der Waals surface area contributed by atoms with Gasteiger partial charge in [-0.2, -0.15) is 0 Å². The van der Waals surface area contributed by atoms with Crippen LogP contribution in [0.25, 0.3) is 0 Å². The van der Waals surface area contributed by atoms with Crippen molar-refractivity contribution >= 4 is 5.95 Å². The summed E-state index contributed by atoms with van der Waals surface area (Å²) >= 11 is 0. The van der Waals surface area contributed by atoms with Crippen molar-refractivity contribution in [1.29, 1.82) is 0 Å². The minimum absolute atomic E-state index is 0.459. The van der Waals surface area contributed by atoms with Crippen molar-refractivity contribution in [1.82, 2.24) is 9.55 Å². The number of nitrogens with zero attached hydrogens (tertiary/aromatic N) is 2. The Morgan fingerprint density at radius 1 is 1.54 bits per heavy atom. The predicted octanol–water partition coefficient (Wildman–Crippen LogP) is 2.43. The molecule has 3 nitrogen and oxygen atoms in total. The molecular formula is C10H17N3. The first-order valence-corrected chi connectivity index (χ1v) is 5.07. The molecule has 0 bridgehead atoms. The van der Waals surface area contributed by atoms with Crippen LogP contribution in [-0.4, -0.2) is 15.6 Å². The normalized spacial score (nSPS) is 17.5. The molecule has 1 aliphatic rings. The second-order valence-electron chi connectivity index (χ2n) is 4.04. The molecule has 0 unspecified atom stereocenters.